The summed E-state index contributed by atoms with van der Waals surface area (Å²) in [6.45, 7) is 7.97. The molecular formula is C19H30N4O2. The number of rotatable bonds is 8. The number of hydrogen-bond acceptors (Lipinski definition) is 3. The van der Waals surface area contributed by atoms with E-state index in [1.54, 1.807) is 7.11 Å². The second-order valence-electron chi connectivity index (χ2n) is 6.28. The maximum atomic E-state index is 11.6. The quantitative estimate of drug-likeness (QED) is 0.430. The third-order valence-corrected chi connectivity index (χ3v) is 4.26. The van der Waals surface area contributed by atoms with Gasteiger partial charge in [0.2, 0.25) is 5.91 Å². The van der Waals surface area contributed by atoms with E-state index >= 15 is 0 Å². The summed E-state index contributed by atoms with van der Waals surface area (Å²) < 4.78 is 5.44. The van der Waals surface area contributed by atoms with E-state index in [4.69, 9.17) is 4.74 Å². The van der Waals surface area contributed by atoms with Gasteiger partial charge in [0.15, 0.2) is 5.96 Å². The molecule has 1 aromatic carbocycles. The molecule has 1 aliphatic rings. The lowest BCUT2D eigenvalue weighted by Crippen LogP contribution is -2.39. The zero-order chi connectivity index (χ0) is 18.1. The van der Waals surface area contributed by atoms with Crippen LogP contribution in [-0.4, -0.2) is 50.1 Å². The summed E-state index contributed by atoms with van der Waals surface area (Å²) in [5.41, 5.74) is 2.24. The molecular weight excluding hydrogens is 316 g/mol. The average Bonchev–Trinajstić information content (AvgIpc) is 3.02. The van der Waals surface area contributed by atoms with Crippen LogP contribution in [0.2, 0.25) is 0 Å². The van der Waals surface area contributed by atoms with E-state index in [-0.39, 0.29) is 5.91 Å². The second kappa shape index (κ2) is 9.91. The first-order chi connectivity index (χ1) is 12.1. The van der Waals surface area contributed by atoms with Crippen LogP contribution in [0.5, 0.6) is 5.75 Å². The van der Waals surface area contributed by atoms with Crippen LogP contribution in [0.3, 0.4) is 0 Å². The van der Waals surface area contributed by atoms with E-state index in [0.717, 1.165) is 56.3 Å². The third kappa shape index (κ3) is 5.96. The number of benzene rings is 1. The number of aryl methyl sites for hydroxylation is 1. The van der Waals surface area contributed by atoms with E-state index in [1.165, 1.54) is 5.56 Å². The largest absolute Gasteiger partial charge is 0.496 e. The van der Waals surface area contributed by atoms with Crippen LogP contribution in [-0.2, 0) is 11.3 Å². The highest BCUT2D eigenvalue weighted by Gasteiger charge is 2.18. The van der Waals surface area contributed by atoms with Gasteiger partial charge in [0.1, 0.15) is 5.75 Å². The van der Waals surface area contributed by atoms with Crippen LogP contribution in [0.15, 0.2) is 23.2 Å². The minimum atomic E-state index is 0.284. The van der Waals surface area contributed by atoms with Gasteiger partial charge in [-0.25, -0.2) is 4.99 Å². The molecule has 138 valence electrons. The van der Waals surface area contributed by atoms with Crippen LogP contribution in [0, 0.1) is 6.92 Å². The number of nitrogens with one attached hydrogen (secondary N) is 2. The Morgan fingerprint density at radius 1 is 1.36 bits per heavy atom. The highest BCUT2D eigenvalue weighted by molar-refractivity contribution is 5.80. The lowest BCUT2D eigenvalue weighted by molar-refractivity contribution is -0.127. The molecule has 1 heterocycles. The first-order valence-electron chi connectivity index (χ1n) is 9.07. The molecule has 1 saturated heterocycles. The summed E-state index contributed by atoms with van der Waals surface area (Å²) in [6, 6.07) is 6.15. The second-order valence-corrected chi connectivity index (χ2v) is 6.28. The Labute approximate surface area is 150 Å². The Kier molecular flexibility index (Phi) is 7.57. The summed E-state index contributed by atoms with van der Waals surface area (Å²) in [4.78, 5) is 18.2. The summed E-state index contributed by atoms with van der Waals surface area (Å²) in [7, 11) is 1.69. The van der Waals surface area contributed by atoms with Crippen LogP contribution < -0.4 is 15.4 Å². The summed E-state index contributed by atoms with van der Waals surface area (Å²) in [5, 5.41) is 6.60. The number of ether oxygens (including phenoxy) is 1. The van der Waals surface area contributed by atoms with Crippen molar-refractivity contribution in [2.45, 2.75) is 39.7 Å². The molecule has 0 aromatic heterocycles. The number of methoxy groups -OCH3 is 1. The number of nitrogens with zero attached hydrogens (tertiary/aromatic N) is 2. The number of carbonyl (C=O) groups excluding carboxylic acids is 1. The van der Waals surface area contributed by atoms with Crippen molar-refractivity contribution in [2.75, 3.05) is 33.3 Å². The molecule has 0 radical (unpaired) electrons. The lowest BCUT2D eigenvalue weighted by Gasteiger charge is -2.16. The first-order valence-corrected chi connectivity index (χ1v) is 9.07. The maximum absolute atomic E-state index is 11.6. The number of carbonyl (C=O) groups is 1. The number of guanidine groups is 1. The molecule has 0 aliphatic carbocycles. The van der Waals surface area contributed by atoms with E-state index in [2.05, 4.69) is 27.8 Å². The van der Waals surface area contributed by atoms with Crippen LogP contribution in [0.25, 0.3) is 0 Å². The zero-order valence-corrected chi connectivity index (χ0v) is 15.6. The number of hydrogen-bond donors (Lipinski definition) is 2. The Bertz CT molecular complexity index is 601. The van der Waals surface area contributed by atoms with E-state index in [9.17, 15) is 4.79 Å². The van der Waals surface area contributed by atoms with Gasteiger partial charge in [-0.2, -0.15) is 0 Å². The maximum Gasteiger partial charge on any atom is 0.222 e. The molecule has 0 bridgehead atoms. The van der Waals surface area contributed by atoms with Crippen molar-refractivity contribution in [1.82, 2.24) is 15.5 Å². The molecule has 6 nitrogen and oxygen atoms in total. The van der Waals surface area contributed by atoms with Crippen molar-refractivity contribution in [1.29, 1.82) is 0 Å². The molecule has 25 heavy (non-hydrogen) atoms. The highest BCUT2D eigenvalue weighted by Crippen LogP contribution is 2.20. The molecule has 6 heteroatoms. The summed E-state index contributed by atoms with van der Waals surface area (Å²) in [5.74, 6) is 1.94. The average molecular weight is 346 g/mol. The fourth-order valence-corrected chi connectivity index (χ4v) is 2.91. The fourth-order valence-electron chi connectivity index (χ4n) is 2.91. The first kappa shape index (κ1) is 19.1. The molecule has 1 amide bonds. The van der Waals surface area contributed by atoms with Crippen molar-refractivity contribution in [3.63, 3.8) is 0 Å². The summed E-state index contributed by atoms with van der Waals surface area (Å²) in [6.07, 6.45) is 2.62. The van der Waals surface area contributed by atoms with Gasteiger partial charge in [0, 0.05) is 38.2 Å². The predicted molar refractivity (Wildman–Crippen MR) is 101 cm³/mol. The molecule has 2 N–H and O–H groups in total. The molecule has 0 saturated carbocycles. The zero-order valence-electron chi connectivity index (χ0n) is 15.6. The van der Waals surface area contributed by atoms with Gasteiger partial charge in [-0.3, -0.25) is 4.79 Å². The Morgan fingerprint density at radius 3 is 2.88 bits per heavy atom. The molecule has 1 fully saturated rings. The van der Waals surface area contributed by atoms with Gasteiger partial charge >= 0.3 is 0 Å². The smallest absolute Gasteiger partial charge is 0.222 e. The van der Waals surface area contributed by atoms with Crippen molar-refractivity contribution in [2.24, 2.45) is 4.99 Å². The van der Waals surface area contributed by atoms with Crippen LogP contribution in [0.1, 0.15) is 37.3 Å². The fraction of sp³-hybridized carbons (Fsp3) is 0.579. The summed E-state index contributed by atoms with van der Waals surface area (Å²) >= 11 is 0. The molecule has 1 aliphatic heterocycles. The van der Waals surface area contributed by atoms with Crippen LogP contribution in [0.4, 0.5) is 0 Å². The van der Waals surface area contributed by atoms with Gasteiger partial charge in [0.05, 0.1) is 13.7 Å². The van der Waals surface area contributed by atoms with Gasteiger partial charge in [0.25, 0.3) is 0 Å². The molecule has 0 spiro atoms. The number of likely N-dealkylation sites (tertiary alicyclic amines) is 1. The SMILES string of the molecule is CCNC(=NCc1ccc(C)cc1OC)NCCCN1CCCC1=O. The Hall–Kier alpha value is -2.24. The number of amides is 1. The van der Waals surface area contributed by atoms with Gasteiger partial charge in [-0.05, 0) is 38.3 Å². The minimum Gasteiger partial charge on any atom is -0.496 e. The Balaban J connectivity index is 1.84. The third-order valence-electron chi connectivity index (χ3n) is 4.26. The van der Waals surface area contributed by atoms with Crippen molar-refractivity contribution < 1.29 is 9.53 Å². The van der Waals surface area contributed by atoms with Gasteiger partial charge in [-0.1, -0.05) is 12.1 Å². The van der Waals surface area contributed by atoms with Gasteiger partial charge in [-0.15, -0.1) is 0 Å². The Morgan fingerprint density at radius 2 is 2.20 bits per heavy atom. The monoisotopic (exact) mass is 346 g/mol. The van der Waals surface area contributed by atoms with Gasteiger partial charge < -0.3 is 20.3 Å². The predicted octanol–water partition coefficient (Wildman–Crippen LogP) is 2.07. The van der Waals surface area contributed by atoms with Crippen molar-refractivity contribution >= 4 is 11.9 Å². The number of aliphatic imine (C=N–C) groups is 1. The molecule has 2 rings (SSSR count). The highest BCUT2D eigenvalue weighted by atomic mass is 16.5. The molecule has 1 aromatic rings. The minimum absolute atomic E-state index is 0.284. The molecule has 0 atom stereocenters. The van der Waals surface area contributed by atoms with Crippen LogP contribution >= 0.6 is 0 Å². The topological polar surface area (TPSA) is 66.0 Å². The molecule has 0 unspecified atom stereocenters. The van der Waals surface area contributed by atoms with E-state index in [0.29, 0.717) is 13.0 Å². The van der Waals surface area contributed by atoms with Crippen molar-refractivity contribution in [3.8, 4) is 5.75 Å². The van der Waals surface area contributed by atoms with E-state index < -0.39 is 0 Å². The lowest BCUT2D eigenvalue weighted by atomic mass is 10.1. The normalized spacial score (nSPS) is 14.8. The van der Waals surface area contributed by atoms with E-state index in [1.807, 2.05) is 24.8 Å². The van der Waals surface area contributed by atoms with Crippen molar-refractivity contribution in [3.05, 3.63) is 29.3 Å². The standard InChI is InChI=1S/C19H30N4O2/c1-4-20-19(21-10-6-12-23-11-5-7-18(23)24)22-14-16-9-8-15(2)13-17(16)25-3/h8-9,13H,4-7,10-12,14H2,1-3H3,(H2,20,21,22).